The molecule has 0 unspecified atom stereocenters. The average molecular weight is 591 g/mol. The van der Waals surface area contributed by atoms with Gasteiger partial charge in [-0.15, -0.1) is 0 Å². The second kappa shape index (κ2) is 11.8. The van der Waals surface area contributed by atoms with Crippen LogP contribution >= 0.6 is 0 Å². The molecule has 2 aromatic carbocycles. The number of aryl methyl sites for hydroxylation is 1. The van der Waals surface area contributed by atoms with Crippen LogP contribution in [0.25, 0.3) is 10.9 Å². The highest BCUT2D eigenvalue weighted by Gasteiger charge is 2.46. The molecular formula is C29H33F3N4O4S. The summed E-state index contributed by atoms with van der Waals surface area (Å²) in [5.74, 6) is 0.887. The molecule has 1 aromatic heterocycles. The van der Waals surface area contributed by atoms with Crippen molar-refractivity contribution in [1.29, 1.82) is 0 Å². The molecule has 41 heavy (non-hydrogen) atoms. The van der Waals surface area contributed by atoms with Crippen LogP contribution in [-0.2, 0) is 19.4 Å². The van der Waals surface area contributed by atoms with E-state index in [1.54, 1.807) is 0 Å². The van der Waals surface area contributed by atoms with Gasteiger partial charge in [0, 0.05) is 43.3 Å². The van der Waals surface area contributed by atoms with Crippen LogP contribution in [0.4, 0.5) is 24.7 Å². The normalized spacial score (nSPS) is 20.3. The van der Waals surface area contributed by atoms with Crippen LogP contribution < -0.4 is 10.2 Å². The van der Waals surface area contributed by atoms with Gasteiger partial charge in [0.05, 0.1) is 16.5 Å². The van der Waals surface area contributed by atoms with Gasteiger partial charge < -0.3 is 19.9 Å². The Bertz CT molecular complexity index is 1480. The van der Waals surface area contributed by atoms with E-state index in [0.717, 1.165) is 54.5 Å². The minimum atomic E-state index is -5.36. The topological polar surface area (TPSA) is 91.8 Å². The summed E-state index contributed by atoms with van der Waals surface area (Å²) in [5, 5.41) is 4.36. The molecule has 0 spiro atoms. The molecule has 5 rings (SSSR count). The van der Waals surface area contributed by atoms with Gasteiger partial charge in [-0.1, -0.05) is 11.6 Å². The van der Waals surface area contributed by atoms with Gasteiger partial charge in [0.25, 0.3) is 9.84 Å². The van der Waals surface area contributed by atoms with E-state index in [-0.39, 0.29) is 24.7 Å². The van der Waals surface area contributed by atoms with E-state index in [1.807, 2.05) is 17.0 Å². The summed E-state index contributed by atoms with van der Waals surface area (Å²) < 4.78 is 67.2. The van der Waals surface area contributed by atoms with Crippen molar-refractivity contribution < 1.29 is 31.1 Å². The molecule has 2 fully saturated rings. The second-order valence-corrected chi connectivity index (χ2v) is 12.6. The van der Waals surface area contributed by atoms with Crippen molar-refractivity contribution in [1.82, 2.24) is 9.88 Å². The maximum absolute atomic E-state index is 12.8. The fourth-order valence-electron chi connectivity index (χ4n) is 5.35. The van der Waals surface area contributed by atoms with Crippen molar-refractivity contribution in [3.05, 3.63) is 60.2 Å². The van der Waals surface area contributed by atoms with Crippen LogP contribution in [0, 0.1) is 6.92 Å². The molecular weight excluding hydrogens is 557 g/mol. The van der Waals surface area contributed by atoms with Gasteiger partial charge in [0.2, 0.25) is 5.91 Å². The predicted octanol–water partition coefficient (Wildman–Crippen LogP) is 4.93. The largest absolute Gasteiger partial charge is 0.501 e. The number of ether oxygens (including phenoxy) is 1. The van der Waals surface area contributed by atoms with E-state index < -0.39 is 20.2 Å². The zero-order chi connectivity index (χ0) is 29.2. The summed E-state index contributed by atoms with van der Waals surface area (Å²) >= 11 is 0. The zero-order valence-corrected chi connectivity index (χ0v) is 23.5. The van der Waals surface area contributed by atoms with E-state index in [1.165, 1.54) is 17.7 Å². The summed E-state index contributed by atoms with van der Waals surface area (Å²) in [6.45, 7) is 4.72. The SMILES string of the molecule is Cc1ccc2nc(N3CCN(C(=O)CO[C@H]4CC[C@H](Nc5ccc(S(=O)(=O)C(F)(F)F)cc5)CC4)CC3)ccc2c1. The molecule has 1 aliphatic heterocycles. The summed E-state index contributed by atoms with van der Waals surface area (Å²) in [4.78, 5) is 20.8. The number of nitrogens with zero attached hydrogens (tertiary/aromatic N) is 3. The van der Waals surface area contributed by atoms with Crippen LogP contribution in [-0.4, -0.2) is 74.6 Å². The monoisotopic (exact) mass is 590 g/mol. The van der Waals surface area contributed by atoms with E-state index in [0.29, 0.717) is 31.9 Å². The third-order valence-corrected chi connectivity index (χ3v) is 9.25. The van der Waals surface area contributed by atoms with Crippen molar-refractivity contribution in [2.75, 3.05) is 43.0 Å². The van der Waals surface area contributed by atoms with Gasteiger partial charge >= 0.3 is 5.51 Å². The first-order chi connectivity index (χ1) is 19.5. The van der Waals surface area contributed by atoms with Gasteiger partial charge in [-0.2, -0.15) is 13.2 Å². The molecule has 8 nitrogen and oxygen atoms in total. The Morgan fingerprint density at radius 2 is 1.66 bits per heavy atom. The molecule has 3 aromatic rings. The first-order valence-corrected chi connectivity index (χ1v) is 15.2. The molecule has 1 saturated carbocycles. The number of amides is 1. The highest BCUT2D eigenvalue weighted by atomic mass is 32.2. The van der Waals surface area contributed by atoms with Crippen molar-refractivity contribution in [3.8, 4) is 0 Å². The number of carbonyl (C=O) groups excluding carboxylic acids is 1. The Kier molecular flexibility index (Phi) is 8.42. The van der Waals surface area contributed by atoms with Crippen molar-refractivity contribution >= 4 is 38.2 Å². The molecule has 2 heterocycles. The first-order valence-electron chi connectivity index (χ1n) is 13.7. The standard InChI is InChI=1S/C29H33F3N4O4S/c1-20-2-12-26-21(18-20)3-13-27(34-26)35-14-16-36(17-15-35)28(37)19-40-24-8-4-22(5-9-24)33-23-6-10-25(11-7-23)41(38,39)29(30,31)32/h2-3,6-7,10-13,18,22,24,33H,4-5,8-9,14-17,19H2,1H3/t22-,24-. The lowest BCUT2D eigenvalue weighted by Crippen LogP contribution is -2.50. The highest BCUT2D eigenvalue weighted by molar-refractivity contribution is 7.92. The lowest BCUT2D eigenvalue weighted by Gasteiger charge is -2.36. The number of hydrogen-bond donors (Lipinski definition) is 1. The number of pyridine rings is 1. The zero-order valence-electron chi connectivity index (χ0n) is 22.7. The first kappa shape index (κ1) is 29.1. The minimum absolute atomic E-state index is 0.0271. The van der Waals surface area contributed by atoms with Gasteiger partial charge in [-0.25, -0.2) is 13.4 Å². The Labute approximate surface area is 237 Å². The summed E-state index contributed by atoms with van der Waals surface area (Å²) in [6, 6.07) is 15.0. The summed E-state index contributed by atoms with van der Waals surface area (Å²) in [7, 11) is -5.36. The van der Waals surface area contributed by atoms with E-state index in [4.69, 9.17) is 9.72 Å². The number of anilines is 2. The van der Waals surface area contributed by atoms with Crippen LogP contribution in [0.2, 0.25) is 0 Å². The molecule has 12 heteroatoms. The molecule has 1 saturated heterocycles. The Morgan fingerprint density at radius 3 is 2.32 bits per heavy atom. The fourth-order valence-corrected chi connectivity index (χ4v) is 6.11. The number of fused-ring (bicyclic) bond motifs is 1. The number of carbonyl (C=O) groups is 1. The third kappa shape index (κ3) is 6.75. The Balaban J connectivity index is 1.03. The van der Waals surface area contributed by atoms with Crippen molar-refractivity contribution in [2.24, 2.45) is 0 Å². The smallest absolute Gasteiger partial charge is 0.382 e. The summed E-state index contributed by atoms with van der Waals surface area (Å²) in [6.07, 6.45) is 2.97. The molecule has 0 bridgehead atoms. The second-order valence-electron chi connectivity index (χ2n) is 10.6. The van der Waals surface area contributed by atoms with E-state index in [9.17, 15) is 26.4 Å². The number of benzene rings is 2. The minimum Gasteiger partial charge on any atom is -0.382 e. The number of alkyl halides is 3. The van der Waals surface area contributed by atoms with Gasteiger partial charge in [-0.3, -0.25) is 4.79 Å². The molecule has 0 atom stereocenters. The summed E-state index contributed by atoms with van der Waals surface area (Å²) in [5.41, 5.74) is -2.62. The number of halogens is 3. The van der Waals surface area contributed by atoms with Crippen molar-refractivity contribution in [2.45, 2.75) is 55.2 Å². The maximum atomic E-state index is 12.8. The Hall–Kier alpha value is -3.38. The fraction of sp³-hybridized carbons (Fsp3) is 0.448. The number of sulfone groups is 1. The maximum Gasteiger partial charge on any atom is 0.501 e. The quantitative estimate of drug-likeness (QED) is 0.418. The number of rotatable bonds is 7. The molecule has 220 valence electrons. The van der Waals surface area contributed by atoms with Gasteiger partial charge in [-0.05, 0) is 81.1 Å². The van der Waals surface area contributed by atoms with Gasteiger partial charge in [0.1, 0.15) is 12.4 Å². The van der Waals surface area contributed by atoms with Crippen LogP contribution in [0.5, 0.6) is 0 Å². The van der Waals surface area contributed by atoms with Crippen LogP contribution in [0.1, 0.15) is 31.2 Å². The third-order valence-electron chi connectivity index (χ3n) is 7.74. The number of nitrogens with one attached hydrogen (secondary N) is 1. The number of aromatic nitrogens is 1. The molecule has 1 N–H and O–H groups in total. The molecule has 1 aliphatic carbocycles. The molecule has 1 amide bonds. The van der Waals surface area contributed by atoms with Crippen molar-refractivity contribution in [3.63, 3.8) is 0 Å². The lowest BCUT2D eigenvalue weighted by atomic mass is 9.93. The van der Waals surface area contributed by atoms with Gasteiger partial charge in [0.15, 0.2) is 0 Å². The lowest BCUT2D eigenvalue weighted by molar-refractivity contribution is -0.139. The van der Waals surface area contributed by atoms with E-state index >= 15 is 0 Å². The van der Waals surface area contributed by atoms with Crippen LogP contribution in [0.3, 0.4) is 0 Å². The molecule has 2 aliphatic rings. The Morgan fingerprint density at radius 1 is 0.976 bits per heavy atom. The highest BCUT2D eigenvalue weighted by Crippen LogP contribution is 2.31. The number of piperazine rings is 1. The van der Waals surface area contributed by atoms with Crippen LogP contribution in [0.15, 0.2) is 59.5 Å². The predicted molar refractivity (Wildman–Crippen MR) is 151 cm³/mol. The average Bonchev–Trinajstić information content (AvgIpc) is 2.96. The van der Waals surface area contributed by atoms with E-state index in [2.05, 4.69) is 35.3 Å². The number of hydrogen-bond acceptors (Lipinski definition) is 7. The molecule has 0 radical (unpaired) electrons.